The molecule has 0 aliphatic carbocycles. The third-order valence-corrected chi connectivity index (χ3v) is 3.07. The highest BCUT2D eigenvalue weighted by atomic mass is 16.7. The van der Waals surface area contributed by atoms with Gasteiger partial charge in [0.15, 0.2) is 0 Å². The van der Waals surface area contributed by atoms with E-state index >= 15 is 0 Å². The topological polar surface area (TPSA) is 60.7 Å². The lowest BCUT2D eigenvalue weighted by Crippen LogP contribution is -2.23. The van der Waals surface area contributed by atoms with E-state index in [4.69, 9.17) is 15.3 Å². The Morgan fingerprint density at radius 2 is 1.17 bits per heavy atom. The van der Waals surface area contributed by atoms with Crippen molar-refractivity contribution in [2.75, 3.05) is 0 Å². The molecule has 0 amide bonds. The van der Waals surface area contributed by atoms with Gasteiger partial charge in [-0.3, -0.25) is 0 Å². The molecule has 0 heterocycles. The van der Waals surface area contributed by atoms with Crippen LogP contribution in [-0.4, -0.2) is 21.3 Å². The predicted molar refractivity (Wildman–Crippen MR) is 75.0 cm³/mol. The lowest BCUT2D eigenvalue weighted by molar-refractivity contribution is -0.273. The number of aliphatic hydroxyl groups is 3. The molecular weight excluding hydrogens is 228 g/mol. The molecule has 18 heavy (non-hydrogen) atoms. The normalized spacial score (nSPS) is 12.4. The summed E-state index contributed by atoms with van der Waals surface area (Å²) >= 11 is 0. The zero-order chi connectivity index (χ0) is 13.7. The Balaban J connectivity index is 3.10. The van der Waals surface area contributed by atoms with Crippen molar-refractivity contribution >= 4 is 0 Å². The summed E-state index contributed by atoms with van der Waals surface area (Å²) in [4.78, 5) is 0. The van der Waals surface area contributed by atoms with Crippen molar-refractivity contribution in [1.82, 2.24) is 0 Å². The van der Waals surface area contributed by atoms with Gasteiger partial charge in [-0.15, -0.1) is 0 Å². The monoisotopic (exact) mass is 258 g/mol. The van der Waals surface area contributed by atoms with Crippen LogP contribution in [0.5, 0.6) is 0 Å². The Hall–Kier alpha value is -0.380. The van der Waals surface area contributed by atoms with Crippen LogP contribution in [0.15, 0.2) is 12.2 Å². The van der Waals surface area contributed by atoms with E-state index in [1.165, 1.54) is 57.8 Å². The van der Waals surface area contributed by atoms with Gasteiger partial charge in [-0.05, 0) is 18.9 Å². The van der Waals surface area contributed by atoms with E-state index in [2.05, 4.69) is 6.92 Å². The van der Waals surface area contributed by atoms with Crippen LogP contribution in [0.4, 0.5) is 0 Å². The summed E-state index contributed by atoms with van der Waals surface area (Å²) in [7, 11) is 0. The predicted octanol–water partition coefficient (Wildman–Crippen LogP) is 3.48. The third-order valence-electron chi connectivity index (χ3n) is 3.07. The number of allylic oxidation sites excluding steroid dienone is 1. The second-order valence-electron chi connectivity index (χ2n) is 5.06. The minimum atomic E-state index is -2.64. The first-order chi connectivity index (χ1) is 8.56. The molecule has 0 saturated heterocycles. The van der Waals surface area contributed by atoms with Crippen LogP contribution in [0.3, 0.4) is 0 Å². The van der Waals surface area contributed by atoms with Crippen molar-refractivity contribution in [1.29, 1.82) is 0 Å². The zero-order valence-corrected chi connectivity index (χ0v) is 11.8. The Bertz CT molecular complexity index is 194. The van der Waals surface area contributed by atoms with Gasteiger partial charge in [0, 0.05) is 0 Å². The van der Waals surface area contributed by atoms with E-state index in [-0.39, 0.29) is 0 Å². The summed E-state index contributed by atoms with van der Waals surface area (Å²) in [6.07, 6.45) is 16.3. The van der Waals surface area contributed by atoms with E-state index in [9.17, 15) is 0 Å². The second-order valence-corrected chi connectivity index (χ2v) is 5.06. The van der Waals surface area contributed by atoms with Gasteiger partial charge in [0.2, 0.25) is 0 Å². The van der Waals surface area contributed by atoms with Gasteiger partial charge in [-0.25, -0.2) is 0 Å². The molecule has 0 fully saturated rings. The molecule has 0 aromatic rings. The average molecular weight is 258 g/mol. The lowest BCUT2D eigenvalue weighted by Gasteiger charge is -2.06. The SMILES string of the molecule is CCCCCCCCCCCCC=CC(O)(O)O. The van der Waals surface area contributed by atoms with Gasteiger partial charge >= 0.3 is 0 Å². The maximum atomic E-state index is 8.60. The van der Waals surface area contributed by atoms with Crippen LogP contribution in [0.1, 0.15) is 77.6 Å². The summed E-state index contributed by atoms with van der Waals surface area (Å²) in [5.74, 6) is -2.64. The number of hydrogen-bond acceptors (Lipinski definition) is 3. The summed E-state index contributed by atoms with van der Waals surface area (Å²) in [5.41, 5.74) is 0. The summed E-state index contributed by atoms with van der Waals surface area (Å²) in [5, 5.41) is 25.8. The van der Waals surface area contributed by atoms with Gasteiger partial charge in [0.1, 0.15) is 0 Å². The third kappa shape index (κ3) is 15.6. The van der Waals surface area contributed by atoms with Gasteiger partial charge in [-0.2, -0.15) is 0 Å². The largest absolute Gasteiger partial charge is 0.340 e. The number of unbranched alkanes of at least 4 members (excludes halogenated alkanes) is 10. The average Bonchev–Trinajstić information content (AvgIpc) is 2.29. The minimum Gasteiger partial charge on any atom is -0.340 e. The molecule has 3 nitrogen and oxygen atoms in total. The van der Waals surface area contributed by atoms with Crippen LogP contribution < -0.4 is 0 Å². The number of hydrogen-bond donors (Lipinski definition) is 3. The van der Waals surface area contributed by atoms with Crippen LogP contribution >= 0.6 is 0 Å². The minimum absolute atomic E-state index is 0.792. The summed E-state index contributed by atoms with van der Waals surface area (Å²) in [6, 6.07) is 0. The standard InChI is InChI=1S/C15H30O3/c1-2-3-4-5-6-7-8-9-10-11-12-13-14-15(16,17)18/h13-14,16-18H,2-12H2,1H3. The molecule has 0 spiro atoms. The van der Waals surface area contributed by atoms with Crippen molar-refractivity contribution in [3.05, 3.63) is 12.2 Å². The fourth-order valence-corrected chi connectivity index (χ4v) is 1.99. The van der Waals surface area contributed by atoms with Crippen molar-refractivity contribution in [2.45, 2.75) is 83.5 Å². The summed E-state index contributed by atoms with van der Waals surface area (Å²) < 4.78 is 0. The Kier molecular flexibility index (Phi) is 11.4. The molecule has 3 N–H and O–H groups in total. The molecule has 0 aliphatic heterocycles. The Morgan fingerprint density at radius 1 is 0.722 bits per heavy atom. The smallest absolute Gasteiger partial charge is 0.297 e. The van der Waals surface area contributed by atoms with Crippen molar-refractivity contribution in [3.8, 4) is 0 Å². The highest BCUT2D eigenvalue weighted by Crippen LogP contribution is 2.11. The van der Waals surface area contributed by atoms with Gasteiger partial charge in [0.25, 0.3) is 5.97 Å². The van der Waals surface area contributed by atoms with E-state index in [1.807, 2.05) is 0 Å². The van der Waals surface area contributed by atoms with Crippen molar-refractivity contribution in [3.63, 3.8) is 0 Å². The van der Waals surface area contributed by atoms with Gasteiger partial charge in [0.05, 0.1) is 0 Å². The fraction of sp³-hybridized carbons (Fsp3) is 0.867. The molecule has 0 unspecified atom stereocenters. The molecule has 0 atom stereocenters. The highest BCUT2D eigenvalue weighted by molar-refractivity contribution is 4.87. The lowest BCUT2D eigenvalue weighted by atomic mass is 10.1. The molecule has 0 bridgehead atoms. The Morgan fingerprint density at radius 3 is 1.61 bits per heavy atom. The molecule has 3 heteroatoms. The molecule has 0 aliphatic rings. The molecule has 0 radical (unpaired) electrons. The molecule has 0 aromatic heterocycles. The number of rotatable bonds is 12. The van der Waals surface area contributed by atoms with Crippen molar-refractivity contribution in [2.24, 2.45) is 0 Å². The van der Waals surface area contributed by atoms with Crippen LogP contribution in [0.2, 0.25) is 0 Å². The van der Waals surface area contributed by atoms with Gasteiger partial charge in [-0.1, -0.05) is 70.8 Å². The maximum Gasteiger partial charge on any atom is 0.297 e. The highest BCUT2D eigenvalue weighted by Gasteiger charge is 2.10. The van der Waals surface area contributed by atoms with Crippen LogP contribution in [0, 0.1) is 0 Å². The Labute approximate surface area is 112 Å². The van der Waals surface area contributed by atoms with E-state index in [0.29, 0.717) is 0 Å². The van der Waals surface area contributed by atoms with E-state index in [1.54, 1.807) is 6.08 Å². The molecular formula is C15H30O3. The van der Waals surface area contributed by atoms with E-state index < -0.39 is 5.97 Å². The molecule has 0 rings (SSSR count). The van der Waals surface area contributed by atoms with E-state index in [0.717, 1.165) is 18.9 Å². The quantitative estimate of drug-likeness (QED) is 0.285. The first kappa shape index (κ1) is 17.6. The van der Waals surface area contributed by atoms with Crippen LogP contribution in [0.25, 0.3) is 0 Å². The zero-order valence-electron chi connectivity index (χ0n) is 11.8. The first-order valence-electron chi connectivity index (χ1n) is 7.41. The van der Waals surface area contributed by atoms with Crippen molar-refractivity contribution < 1.29 is 15.3 Å². The molecule has 0 aromatic carbocycles. The second kappa shape index (κ2) is 11.7. The maximum absolute atomic E-state index is 8.60. The summed E-state index contributed by atoms with van der Waals surface area (Å²) in [6.45, 7) is 2.24. The first-order valence-corrected chi connectivity index (χ1v) is 7.41. The molecule has 0 saturated carbocycles. The molecule has 108 valence electrons. The fourth-order valence-electron chi connectivity index (χ4n) is 1.99. The van der Waals surface area contributed by atoms with Crippen LogP contribution in [-0.2, 0) is 0 Å². The van der Waals surface area contributed by atoms with Gasteiger partial charge < -0.3 is 15.3 Å².